The average molecular weight is 525 g/mol. The van der Waals surface area contributed by atoms with E-state index in [-0.39, 0.29) is 12.4 Å². The van der Waals surface area contributed by atoms with Crippen LogP contribution >= 0.6 is 0 Å². The molecule has 0 bridgehead atoms. The first-order valence-electron chi connectivity index (χ1n) is 16.3. The standard InChI is InChI=1S/C33H65N2.ClH/c1-4-6-8-10-12-14-15-16-17-18-19-20-21-23-25-27-29-33(35-31-30-34(3)32-35)28-26-24-22-13-11-9-7-5-2;/h30-33H,4-29H2,1-3H3;1H/q+1;/p-1. The molecule has 3 heteroatoms. The maximum absolute atomic E-state index is 2.49. The fraction of sp³-hybridized carbons (Fsp3) is 0.909. The number of unbranched alkanes of at least 4 members (excludes halogenated alkanes) is 22. The predicted molar refractivity (Wildman–Crippen MR) is 156 cm³/mol. The molecule has 0 amide bonds. The van der Waals surface area contributed by atoms with Gasteiger partial charge in [0, 0.05) is 0 Å². The monoisotopic (exact) mass is 524 g/mol. The van der Waals surface area contributed by atoms with Crippen molar-refractivity contribution in [2.75, 3.05) is 0 Å². The van der Waals surface area contributed by atoms with Crippen LogP contribution in [0.1, 0.15) is 187 Å². The first-order valence-corrected chi connectivity index (χ1v) is 16.3. The van der Waals surface area contributed by atoms with E-state index in [1.54, 1.807) is 0 Å². The number of aromatic nitrogens is 2. The Labute approximate surface area is 233 Å². The molecule has 1 unspecified atom stereocenters. The van der Waals surface area contributed by atoms with Gasteiger partial charge in [-0.1, -0.05) is 155 Å². The molecule has 0 radical (unpaired) electrons. The SMILES string of the molecule is CCCCCCCCCCCCCCCCCCC(CCCCCCCCCC)[n+]1ccn(C)c1.[Cl-]. The number of nitrogens with zero attached hydrogens (tertiary/aromatic N) is 2. The van der Waals surface area contributed by atoms with Gasteiger partial charge in [-0.15, -0.1) is 0 Å². The molecule has 0 spiro atoms. The highest BCUT2D eigenvalue weighted by atomic mass is 35.5. The molecule has 0 aliphatic carbocycles. The molecular formula is C33H65ClN2. The Hall–Kier alpha value is -0.500. The molecule has 1 atom stereocenters. The maximum Gasteiger partial charge on any atom is 0.243 e. The summed E-state index contributed by atoms with van der Waals surface area (Å²) in [7, 11) is 2.15. The van der Waals surface area contributed by atoms with Crippen molar-refractivity contribution in [2.24, 2.45) is 7.05 Å². The van der Waals surface area contributed by atoms with Gasteiger partial charge in [-0.25, -0.2) is 9.13 Å². The minimum absolute atomic E-state index is 0. The van der Waals surface area contributed by atoms with Gasteiger partial charge in [0.25, 0.3) is 0 Å². The maximum atomic E-state index is 2.49. The summed E-state index contributed by atoms with van der Waals surface area (Å²) >= 11 is 0. The Morgan fingerprint density at radius 2 is 0.806 bits per heavy atom. The molecule has 0 aliphatic rings. The highest BCUT2D eigenvalue weighted by molar-refractivity contribution is 4.65. The zero-order valence-electron chi connectivity index (χ0n) is 25.0. The van der Waals surface area contributed by atoms with Crippen molar-refractivity contribution in [3.63, 3.8) is 0 Å². The number of halogens is 1. The third-order valence-corrected chi connectivity index (χ3v) is 7.99. The molecule has 1 rings (SSSR count). The van der Waals surface area contributed by atoms with Crippen LogP contribution in [0.15, 0.2) is 18.7 Å². The van der Waals surface area contributed by atoms with E-state index in [1.165, 1.54) is 167 Å². The Kier molecular flexibility index (Phi) is 27.2. The summed E-state index contributed by atoms with van der Waals surface area (Å²) in [6.07, 6.45) is 44.2. The van der Waals surface area contributed by atoms with Gasteiger partial charge in [-0.2, -0.15) is 0 Å². The van der Waals surface area contributed by atoms with Crippen molar-refractivity contribution in [1.29, 1.82) is 0 Å². The zero-order valence-corrected chi connectivity index (χ0v) is 25.7. The van der Waals surface area contributed by atoms with Gasteiger partial charge in [-0.05, 0) is 25.7 Å². The van der Waals surface area contributed by atoms with Crippen LogP contribution in [0.5, 0.6) is 0 Å². The van der Waals surface area contributed by atoms with Crippen LogP contribution in [0.25, 0.3) is 0 Å². The van der Waals surface area contributed by atoms with Gasteiger partial charge in [-0.3, -0.25) is 0 Å². The normalized spacial score (nSPS) is 12.1. The van der Waals surface area contributed by atoms with E-state index in [2.05, 4.69) is 48.8 Å². The second kappa shape index (κ2) is 27.5. The van der Waals surface area contributed by atoms with Crippen molar-refractivity contribution < 1.29 is 17.0 Å². The van der Waals surface area contributed by atoms with E-state index < -0.39 is 0 Å². The first-order chi connectivity index (χ1) is 17.3. The Morgan fingerprint density at radius 1 is 0.500 bits per heavy atom. The lowest BCUT2D eigenvalue weighted by Gasteiger charge is -2.14. The smallest absolute Gasteiger partial charge is 0.243 e. The minimum atomic E-state index is 0. The average Bonchev–Trinajstić information content (AvgIpc) is 3.30. The van der Waals surface area contributed by atoms with Gasteiger partial charge < -0.3 is 12.4 Å². The highest BCUT2D eigenvalue weighted by Crippen LogP contribution is 2.20. The van der Waals surface area contributed by atoms with Gasteiger partial charge in [0.2, 0.25) is 6.33 Å². The zero-order chi connectivity index (χ0) is 25.2. The van der Waals surface area contributed by atoms with E-state index in [1.807, 2.05) is 0 Å². The van der Waals surface area contributed by atoms with E-state index in [0.29, 0.717) is 6.04 Å². The second-order valence-corrected chi connectivity index (χ2v) is 11.5. The molecule has 2 nitrogen and oxygen atoms in total. The van der Waals surface area contributed by atoms with Crippen molar-refractivity contribution in [2.45, 2.75) is 187 Å². The minimum Gasteiger partial charge on any atom is -1.00 e. The summed E-state index contributed by atoms with van der Waals surface area (Å²) < 4.78 is 4.70. The lowest BCUT2D eigenvalue weighted by Crippen LogP contribution is -3.00. The number of imidazole rings is 1. The molecule has 0 aliphatic heterocycles. The fourth-order valence-corrected chi connectivity index (χ4v) is 5.57. The Bertz CT molecular complexity index is 542. The third kappa shape index (κ3) is 21.6. The predicted octanol–water partition coefficient (Wildman–Crippen LogP) is 8.04. The van der Waals surface area contributed by atoms with Crippen LogP contribution in [-0.2, 0) is 7.05 Å². The number of hydrogen-bond donors (Lipinski definition) is 0. The largest absolute Gasteiger partial charge is 1.00 e. The lowest BCUT2D eigenvalue weighted by atomic mass is 9.99. The molecule has 1 aromatic heterocycles. The number of aryl methyl sites for hydroxylation is 1. The second-order valence-electron chi connectivity index (χ2n) is 11.5. The number of hydrogen-bond acceptors (Lipinski definition) is 0. The topological polar surface area (TPSA) is 8.81 Å². The molecule has 214 valence electrons. The molecule has 1 heterocycles. The van der Waals surface area contributed by atoms with Gasteiger partial charge in [0.05, 0.1) is 7.05 Å². The Balaban J connectivity index is 0.0000122. The van der Waals surface area contributed by atoms with E-state index >= 15 is 0 Å². The van der Waals surface area contributed by atoms with Gasteiger partial charge in [0.15, 0.2) is 0 Å². The van der Waals surface area contributed by atoms with Crippen LogP contribution in [0.4, 0.5) is 0 Å². The van der Waals surface area contributed by atoms with Crippen LogP contribution in [-0.4, -0.2) is 4.57 Å². The summed E-state index contributed by atoms with van der Waals surface area (Å²) in [6.45, 7) is 4.61. The van der Waals surface area contributed by atoms with Crippen LogP contribution in [0.2, 0.25) is 0 Å². The van der Waals surface area contributed by atoms with Crippen molar-refractivity contribution >= 4 is 0 Å². The molecule has 1 aromatic rings. The van der Waals surface area contributed by atoms with Gasteiger partial charge >= 0.3 is 0 Å². The molecule has 0 N–H and O–H groups in total. The van der Waals surface area contributed by atoms with E-state index in [0.717, 1.165) is 0 Å². The summed E-state index contributed by atoms with van der Waals surface area (Å²) in [6, 6.07) is 0.711. The van der Waals surface area contributed by atoms with Crippen molar-refractivity contribution in [3.05, 3.63) is 18.7 Å². The molecule has 36 heavy (non-hydrogen) atoms. The quantitative estimate of drug-likeness (QED) is 0.0812. The summed E-state index contributed by atoms with van der Waals surface area (Å²) in [5.74, 6) is 0. The molecular weight excluding hydrogens is 460 g/mol. The van der Waals surface area contributed by atoms with Gasteiger partial charge in [0.1, 0.15) is 18.4 Å². The lowest BCUT2D eigenvalue weighted by molar-refractivity contribution is -0.724. The van der Waals surface area contributed by atoms with Crippen LogP contribution in [0, 0.1) is 0 Å². The Morgan fingerprint density at radius 3 is 1.08 bits per heavy atom. The summed E-state index contributed by atoms with van der Waals surface area (Å²) in [5.41, 5.74) is 0. The number of rotatable bonds is 27. The molecule has 0 fully saturated rings. The summed E-state index contributed by atoms with van der Waals surface area (Å²) in [4.78, 5) is 0. The third-order valence-electron chi connectivity index (χ3n) is 7.99. The van der Waals surface area contributed by atoms with Crippen LogP contribution < -0.4 is 17.0 Å². The van der Waals surface area contributed by atoms with E-state index in [4.69, 9.17) is 0 Å². The first kappa shape index (κ1) is 35.5. The highest BCUT2D eigenvalue weighted by Gasteiger charge is 2.15. The van der Waals surface area contributed by atoms with Crippen molar-refractivity contribution in [3.8, 4) is 0 Å². The molecule has 0 saturated carbocycles. The van der Waals surface area contributed by atoms with Crippen molar-refractivity contribution in [1.82, 2.24) is 4.57 Å². The van der Waals surface area contributed by atoms with E-state index in [9.17, 15) is 0 Å². The fourth-order valence-electron chi connectivity index (χ4n) is 5.57. The molecule has 0 aromatic carbocycles. The molecule has 0 saturated heterocycles. The summed E-state index contributed by atoms with van der Waals surface area (Å²) in [5, 5.41) is 0. The van der Waals surface area contributed by atoms with Crippen LogP contribution in [0.3, 0.4) is 0 Å².